The molecule has 0 aliphatic carbocycles. The van der Waals surface area contributed by atoms with E-state index in [0.29, 0.717) is 17.1 Å². The maximum absolute atomic E-state index is 5.75. The predicted octanol–water partition coefficient (Wildman–Crippen LogP) is 2.13. The van der Waals surface area contributed by atoms with Gasteiger partial charge < -0.3 is 15.2 Å². The van der Waals surface area contributed by atoms with E-state index < -0.39 is 0 Å². The summed E-state index contributed by atoms with van der Waals surface area (Å²) < 4.78 is 10.4. The van der Waals surface area contributed by atoms with Gasteiger partial charge in [-0.05, 0) is 24.3 Å². The summed E-state index contributed by atoms with van der Waals surface area (Å²) in [4.78, 5) is 0. The Labute approximate surface area is 121 Å². The second kappa shape index (κ2) is 6.13. The minimum atomic E-state index is 0.238. The Morgan fingerprint density at radius 1 is 1.05 bits per heavy atom. The van der Waals surface area contributed by atoms with E-state index in [4.69, 9.17) is 26.8 Å². The van der Waals surface area contributed by atoms with Gasteiger partial charge in [0.15, 0.2) is 22.5 Å². The average Bonchev–Trinajstić information content (AvgIpc) is 2.47. The quantitative estimate of drug-likeness (QED) is 0.858. The van der Waals surface area contributed by atoms with Crippen LogP contribution in [0.5, 0.6) is 11.5 Å². The van der Waals surface area contributed by atoms with Crippen molar-refractivity contribution >= 4 is 17.4 Å². The van der Waals surface area contributed by atoms with Gasteiger partial charge in [0.1, 0.15) is 0 Å². The summed E-state index contributed by atoms with van der Waals surface area (Å²) in [7, 11) is 3.15. The molecule has 1 heterocycles. The van der Waals surface area contributed by atoms with E-state index in [1.165, 1.54) is 0 Å². The first-order valence-electron chi connectivity index (χ1n) is 5.66. The number of anilines is 1. The standard InChI is InChI=1S/C14H12ClN3O2/c1-19-11-6-4-9(7-12(11)20-2)3-5-10-8-13(15)17-18-14(10)16/h4,6-8H,1-2H3,(H2,16,18). The molecular weight excluding hydrogens is 278 g/mol. The Hall–Kier alpha value is -2.45. The van der Waals surface area contributed by atoms with Crippen molar-refractivity contribution < 1.29 is 9.47 Å². The lowest BCUT2D eigenvalue weighted by molar-refractivity contribution is 0.355. The lowest BCUT2D eigenvalue weighted by Crippen LogP contribution is -1.97. The normalized spacial score (nSPS) is 9.55. The molecule has 1 aromatic carbocycles. The molecule has 0 bridgehead atoms. The molecule has 2 rings (SSSR count). The van der Waals surface area contributed by atoms with Gasteiger partial charge in [0.05, 0.1) is 19.8 Å². The minimum Gasteiger partial charge on any atom is -0.493 e. The van der Waals surface area contributed by atoms with Gasteiger partial charge in [-0.15, -0.1) is 10.2 Å². The molecule has 0 fully saturated rings. The van der Waals surface area contributed by atoms with Crippen LogP contribution < -0.4 is 15.2 Å². The highest BCUT2D eigenvalue weighted by Gasteiger charge is 2.03. The molecule has 5 nitrogen and oxygen atoms in total. The van der Waals surface area contributed by atoms with Crippen LogP contribution in [0.25, 0.3) is 0 Å². The van der Waals surface area contributed by atoms with Crippen LogP contribution in [-0.4, -0.2) is 24.4 Å². The second-order valence-electron chi connectivity index (χ2n) is 3.79. The number of nitrogen functional groups attached to an aromatic ring is 1. The lowest BCUT2D eigenvalue weighted by atomic mass is 10.2. The SMILES string of the molecule is COc1ccc(C#Cc2cc(Cl)nnc2N)cc1OC. The van der Waals surface area contributed by atoms with Crippen molar-refractivity contribution in [1.29, 1.82) is 0 Å². The van der Waals surface area contributed by atoms with Crippen molar-refractivity contribution in [2.45, 2.75) is 0 Å². The number of halogens is 1. The Balaban J connectivity index is 2.35. The Morgan fingerprint density at radius 2 is 1.80 bits per heavy atom. The van der Waals surface area contributed by atoms with E-state index >= 15 is 0 Å². The fourth-order valence-electron chi connectivity index (χ4n) is 1.53. The number of hydrogen-bond acceptors (Lipinski definition) is 5. The van der Waals surface area contributed by atoms with Crippen molar-refractivity contribution in [3.63, 3.8) is 0 Å². The van der Waals surface area contributed by atoms with Crippen LogP contribution in [-0.2, 0) is 0 Å². The highest BCUT2D eigenvalue weighted by molar-refractivity contribution is 6.29. The summed E-state index contributed by atoms with van der Waals surface area (Å²) >= 11 is 5.75. The molecule has 2 aromatic rings. The largest absolute Gasteiger partial charge is 0.493 e. The average molecular weight is 290 g/mol. The first kappa shape index (κ1) is 14.0. The summed E-state index contributed by atoms with van der Waals surface area (Å²) in [5, 5.41) is 7.58. The number of ether oxygens (including phenoxy) is 2. The van der Waals surface area contributed by atoms with Crippen LogP contribution in [0.3, 0.4) is 0 Å². The van der Waals surface area contributed by atoms with Gasteiger partial charge in [-0.2, -0.15) is 0 Å². The number of nitrogens with two attached hydrogens (primary N) is 1. The summed E-state index contributed by atoms with van der Waals surface area (Å²) in [6, 6.07) is 6.95. The number of nitrogens with zero attached hydrogens (tertiary/aromatic N) is 2. The van der Waals surface area contributed by atoms with Crippen LogP contribution in [0.2, 0.25) is 5.15 Å². The molecule has 0 aliphatic rings. The molecule has 0 saturated carbocycles. The summed E-state index contributed by atoms with van der Waals surface area (Å²) in [5.41, 5.74) is 6.96. The number of benzene rings is 1. The zero-order chi connectivity index (χ0) is 14.5. The Morgan fingerprint density at radius 3 is 2.50 bits per heavy atom. The molecule has 102 valence electrons. The molecule has 6 heteroatoms. The van der Waals surface area contributed by atoms with E-state index in [0.717, 1.165) is 5.56 Å². The van der Waals surface area contributed by atoms with Crippen LogP contribution in [0.1, 0.15) is 11.1 Å². The third kappa shape index (κ3) is 3.11. The lowest BCUT2D eigenvalue weighted by Gasteiger charge is -2.06. The van der Waals surface area contributed by atoms with Crippen molar-refractivity contribution in [2.75, 3.05) is 20.0 Å². The van der Waals surface area contributed by atoms with Crippen molar-refractivity contribution in [3.8, 4) is 23.3 Å². The van der Waals surface area contributed by atoms with Crippen LogP contribution in [0.15, 0.2) is 24.3 Å². The van der Waals surface area contributed by atoms with Gasteiger partial charge in [0.2, 0.25) is 0 Å². The summed E-state index contributed by atoms with van der Waals surface area (Å²) in [6.45, 7) is 0. The molecule has 0 radical (unpaired) electrons. The number of methoxy groups -OCH3 is 2. The van der Waals surface area contributed by atoms with Crippen LogP contribution in [0.4, 0.5) is 5.82 Å². The van der Waals surface area contributed by atoms with Gasteiger partial charge in [-0.1, -0.05) is 23.4 Å². The molecule has 0 atom stereocenters. The van der Waals surface area contributed by atoms with Gasteiger partial charge in [0.25, 0.3) is 0 Å². The van der Waals surface area contributed by atoms with Crippen molar-refractivity contribution in [3.05, 3.63) is 40.5 Å². The molecule has 0 spiro atoms. The van der Waals surface area contributed by atoms with E-state index in [9.17, 15) is 0 Å². The van der Waals surface area contributed by atoms with Gasteiger partial charge in [-0.3, -0.25) is 0 Å². The third-order valence-electron chi connectivity index (χ3n) is 2.52. The number of rotatable bonds is 2. The van der Waals surface area contributed by atoms with Crippen LogP contribution in [0, 0.1) is 11.8 Å². The Kier molecular flexibility index (Phi) is 4.28. The fourth-order valence-corrected chi connectivity index (χ4v) is 1.68. The molecule has 2 N–H and O–H groups in total. The van der Waals surface area contributed by atoms with Crippen molar-refractivity contribution in [1.82, 2.24) is 10.2 Å². The zero-order valence-electron chi connectivity index (χ0n) is 11.0. The molecule has 0 amide bonds. The second-order valence-corrected chi connectivity index (χ2v) is 4.17. The molecule has 20 heavy (non-hydrogen) atoms. The maximum Gasteiger partial charge on any atom is 0.162 e. The monoisotopic (exact) mass is 289 g/mol. The van der Waals surface area contributed by atoms with Crippen molar-refractivity contribution in [2.24, 2.45) is 0 Å². The smallest absolute Gasteiger partial charge is 0.162 e. The zero-order valence-corrected chi connectivity index (χ0v) is 11.7. The Bertz CT molecular complexity index is 693. The highest BCUT2D eigenvalue weighted by Crippen LogP contribution is 2.27. The maximum atomic E-state index is 5.75. The summed E-state index contributed by atoms with van der Waals surface area (Å²) in [6.07, 6.45) is 0. The minimum absolute atomic E-state index is 0.238. The number of aromatic nitrogens is 2. The highest BCUT2D eigenvalue weighted by atomic mass is 35.5. The van der Waals surface area contributed by atoms with Gasteiger partial charge in [0, 0.05) is 5.56 Å². The third-order valence-corrected chi connectivity index (χ3v) is 2.70. The van der Waals surface area contributed by atoms with E-state index in [1.807, 2.05) is 6.07 Å². The molecule has 0 unspecified atom stereocenters. The topological polar surface area (TPSA) is 70.3 Å². The first-order valence-corrected chi connectivity index (χ1v) is 6.04. The molecule has 1 aromatic heterocycles. The van der Waals surface area contributed by atoms with E-state index in [1.54, 1.807) is 32.4 Å². The van der Waals surface area contributed by atoms with Gasteiger partial charge >= 0.3 is 0 Å². The van der Waals surface area contributed by atoms with E-state index in [2.05, 4.69) is 22.0 Å². The first-order chi connectivity index (χ1) is 9.63. The molecular formula is C14H12ClN3O2. The van der Waals surface area contributed by atoms with Gasteiger partial charge in [-0.25, -0.2) is 0 Å². The van der Waals surface area contributed by atoms with Crippen LogP contribution >= 0.6 is 11.6 Å². The van der Waals surface area contributed by atoms with E-state index in [-0.39, 0.29) is 11.0 Å². The number of hydrogen-bond donors (Lipinski definition) is 1. The molecule has 0 saturated heterocycles. The summed E-state index contributed by atoms with van der Waals surface area (Å²) in [5.74, 6) is 7.36. The molecule has 0 aliphatic heterocycles. The fraction of sp³-hybridized carbons (Fsp3) is 0.143. The predicted molar refractivity (Wildman–Crippen MR) is 77.0 cm³/mol.